The minimum Gasteiger partial charge on any atom is -0.469 e. The summed E-state index contributed by atoms with van der Waals surface area (Å²) < 4.78 is 8.13. The second-order valence-corrected chi connectivity index (χ2v) is 8.29. The number of ether oxygens (including phenoxy) is 1. The van der Waals surface area contributed by atoms with Gasteiger partial charge >= 0.3 is 0 Å². The van der Waals surface area contributed by atoms with Gasteiger partial charge in [-0.2, -0.15) is 10.4 Å². The second-order valence-electron chi connectivity index (χ2n) is 8.29. The molecule has 0 radical (unpaired) electrons. The van der Waals surface area contributed by atoms with Gasteiger partial charge in [0.05, 0.1) is 36.1 Å². The summed E-state index contributed by atoms with van der Waals surface area (Å²) in [6.45, 7) is 1.39. The lowest BCUT2D eigenvalue weighted by Gasteiger charge is -2.33. The summed E-state index contributed by atoms with van der Waals surface area (Å²) in [5.41, 5.74) is 5.79. The predicted molar refractivity (Wildman–Crippen MR) is 129 cm³/mol. The Morgan fingerprint density at radius 3 is 2.82 bits per heavy atom. The van der Waals surface area contributed by atoms with E-state index in [9.17, 15) is 0 Å². The molecule has 2 atom stereocenters. The van der Waals surface area contributed by atoms with Crippen LogP contribution in [-0.2, 0) is 13.5 Å². The van der Waals surface area contributed by atoms with E-state index in [1.54, 1.807) is 10.9 Å². The molecule has 0 aliphatic carbocycles. The summed E-state index contributed by atoms with van der Waals surface area (Å²) in [5, 5.41) is 20.4. The summed E-state index contributed by atoms with van der Waals surface area (Å²) in [7, 11) is 1.90. The van der Waals surface area contributed by atoms with Gasteiger partial charge in [-0.15, -0.1) is 0 Å². The van der Waals surface area contributed by atoms with Gasteiger partial charge in [-0.1, -0.05) is 18.2 Å². The lowest BCUT2D eigenvalue weighted by atomic mass is 10.0. The molecule has 8 heteroatoms. The van der Waals surface area contributed by atoms with Gasteiger partial charge < -0.3 is 15.4 Å². The Balaban J connectivity index is 1.30. The average molecular weight is 452 g/mol. The molecule has 0 spiro atoms. The number of aryl methyl sites for hydroxylation is 1. The molecule has 5 rings (SSSR count). The summed E-state index contributed by atoms with van der Waals surface area (Å²) in [6, 6.07) is 15.8. The number of aromatic nitrogens is 4. The third-order valence-corrected chi connectivity index (χ3v) is 5.92. The van der Waals surface area contributed by atoms with Crippen LogP contribution in [0.25, 0.3) is 11.1 Å². The van der Waals surface area contributed by atoms with Crippen molar-refractivity contribution in [3.8, 4) is 23.1 Å². The molecule has 1 aliphatic heterocycles. The maximum atomic E-state index is 8.99. The van der Waals surface area contributed by atoms with Gasteiger partial charge in [0.2, 0.25) is 5.88 Å². The molecular weight excluding hydrogens is 426 g/mol. The normalized spacial score (nSPS) is 15.5. The number of hydrogen-bond acceptors (Lipinski definition) is 7. The lowest BCUT2D eigenvalue weighted by Crippen LogP contribution is -2.43. The number of hydrogen-bond donors (Lipinski definition) is 2. The number of anilines is 1. The molecule has 0 saturated carbocycles. The van der Waals surface area contributed by atoms with Crippen molar-refractivity contribution >= 4 is 5.69 Å². The fraction of sp³-hybridized carbons (Fsp3) is 0.231. The van der Waals surface area contributed by atoms with Crippen LogP contribution in [0.5, 0.6) is 5.88 Å². The lowest BCUT2D eigenvalue weighted by molar-refractivity contribution is 0.150. The SMILES string of the molecule is Cn1cc(-c2cnc3c(c2)NC[C@H]([C@H](NCCc2ccc(C#N)cc2)c2cccnc2)O3)cn1. The number of fused-ring (bicyclic) bond motifs is 1. The third kappa shape index (κ3) is 4.75. The highest BCUT2D eigenvalue weighted by Gasteiger charge is 2.30. The van der Waals surface area contributed by atoms with Crippen LogP contribution in [0.1, 0.15) is 22.7 Å². The Bertz CT molecular complexity index is 1290. The highest BCUT2D eigenvalue weighted by Crippen LogP contribution is 2.33. The number of benzene rings is 1. The molecular formula is C26H25N7O. The van der Waals surface area contributed by atoms with Crippen molar-refractivity contribution < 1.29 is 4.74 Å². The van der Waals surface area contributed by atoms with Crippen LogP contribution in [0.4, 0.5) is 5.69 Å². The van der Waals surface area contributed by atoms with E-state index in [1.165, 1.54) is 5.56 Å². The first-order valence-electron chi connectivity index (χ1n) is 11.2. The molecule has 8 nitrogen and oxygen atoms in total. The van der Waals surface area contributed by atoms with Crippen molar-refractivity contribution in [2.24, 2.45) is 7.05 Å². The third-order valence-electron chi connectivity index (χ3n) is 5.92. The van der Waals surface area contributed by atoms with Crippen molar-refractivity contribution in [1.29, 1.82) is 5.26 Å². The largest absolute Gasteiger partial charge is 0.469 e. The van der Waals surface area contributed by atoms with Gasteiger partial charge in [-0.05, 0) is 48.4 Å². The summed E-state index contributed by atoms with van der Waals surface area (Å²) in [4.78, 5) is 8.89. The summed E-state index contributed by atoms with van der Waals surface area (Å²) >= 11 is 0. The van der Waals surface area contributed by atoms with E-state index in [0.717, 1.165) is 35.3 Å². The van der Waals surface area contributed by atoms with Gasteiger partial charge in [0.1, 0.15) is 6.10 Å². The van der Waals surface area contributed by atoms with Crippen molar-refractivity contribution in [3.05, 3.63) is 90.1 Å². The van der Waals surface area contributed by atoms with Crippen molar-refractivity contribution in [2.45, 2.75) is 18.6 Å². The Kier molecular flexibility index (Phi) is 6.19. The van der Waals surface area contributed by atoms with Gasteiger partial charge in [-0.25, -0.2) is 4.98 Å². The number of nitrogens with one attached hydrogen (secondary N) is 2. The first kappa shape index (κ1) is 21.6. The molecule has 2 N–H and O–H groups in total. The van der Waals surface area contributed by atoms with Gasteiger partial charge in [0.25, 0.3) is 0 Å². The zero-order chi connectivity index (χ0) is 23.3. The summed E-state index contributed by atoms with van der Waals surface area (Å²) in [5.74, 6) is 0.590. The topological polar surface area (TPSA) is 101 Å². The monoisotopic (exact) mass is 451 g/mol. The summed E-state index contributed by atoms with van der Waals surface area (Å²) in [6.07, 6.45) is 9.93. The molecule has 0 fully saturated rings. The zero-order valence-electron chi connectivity index (χ0n) is 18.8. The fourth-order valence-corrected chi connectivity index (χ4v) is 4.12. The zero-order valence-corrected chi connectivity index (χ0v) is 18.8. The standard InChI is InChI=1S/C26H25N7O/c1-33-17-22(15-32-33)21-11-23-26(31-14-21)34-24(16-30-23)25(20-3-2-9-28-13-20)29-10-8-18-4-6-19(12-27)7-5-18/h2-7,9,11,13-15,17,24-25,29-30H,8,10,16H2,1H3/t24-,25-/m1/s1. The molecule has 1 aliphatic rings. The van der Waals surface area contributed by atoms with Crippen LogP contribution in [-0.4, -0.2) is 38.9 Å². The Morgan fingerprint density at radius 2 is 2.09 bits per heavy atom. The van der Waals surface area contributed by atoms with Gasteiger partial charge in [0.15, 0.2) is 0 Å². The van der Waals surface area contributed by atoms with E-state index in [-0.39, 0.29) is 12.1 Å². The number of pyridine rings is 2. The van der Waals surface area contributed by atoms with E-state index in [1.807, 2.05) is 68.2 Å². The second kappa shape index (κ2) is 9.73. The average Bonchev–Trinajstić information content (AvgIpc) is 3.33. The quantitative estimate of drug-likeness (QED) is 0.444. The molecule has 0 unspecified atom stereocenters. The van der Waals surface area contributed by atoms with E-state index < -0.39 is 0 Å². The molecule has 34 heavy (non-hydrogen) atoms. The van der Waals surface area contributed by atoms with Crippen molar-refractivity contribution in [3.63, 3.8) is 0 Å². The molecule has 0 saturated heterocycles. The first-order chi connectivity index (χ1) is 16.7. The Morgan fingerprint density at radius 1 is 1.21 bits per heavy atom. The maximum absolute atomic E-state index is 8.99. The smallest absolute Gasteiger partial charge is 0.237 e. The van der Waals surface area contributed by atoms with E-state index in [0.29, 0.717) is 18.0 Å². The number of nitriles is 1. The molecule has 4 heterocycles. The van der Waals surface area contributed by atoms with Crippen molar-refractivity contribution in [1.82, 2.24) is 25.1 Å². The highest BCUT2D eigenvalue weighted by molar-refractivity contribution is 5.69. The Hall–Kier alpha value is -4.22. The van der Waals surface area contributed by atoms with E-state index in [2.05, 4.69) is 37.8 Å². The van der Waals surface area contributed by atoms with Crippen LogP contribution in [0.2, 0.25) is 0 Å². The maximum Gasteiger partial charge on any atom is 0.237 e. The number of rotatable bonds is 7. The molecule has 3 aromatic heterocycles. The van der Waals surface area contributed by atoms with E-state index in [4.69, 9.17) is 10.00 Å². The van der Waals surface area contributed by atoms with Gasteiger partial charge in [-0.3, -0.25) is 9.67 Å². The minimum atomic E-state index is -0.158. The molecule has 1 aromatic carbocycles. The first-order valence-corrected chi connectivity index (χ1v) is 11.2. The highest BCUT2D eigenvalue weighted by atomic mass is 16.5. The Labute approximate surface area is 198 Å². The minimum absolute atomic E-state index is 0.0625. The molecule has 170 valence electrons. The van der Waals surface area contributed by atoms with Crippen molar-refractivity contribution in [2.75, 3.05) is 18.4 Å². The molecule has 0 amide bonds. The van der Waals surface area contributed by atoms with Crippen LogP contribution < -0.4 is 15.4 Å². The van der Waals surface area contributed by atoms with Crippen LogP contribution in [0.3, 0.4) is 0 Å². The van der Waals surface area contributed by atoms with Crippen LogP contribution >= 0.6 is 0 Å². The molecule has 4 aromatic rings. The molecule has 0 bridgehead atoms. The number of nitrogens with zero attached hydrogens (tertiary/aromatic N) is 5. The predicted octanol–water partition coefficient (Wildman–Crippen LogP) is 3.50. The fourth-order valence-electron chi connectivity index (χ4n) is 4.12. The van der Waals surface area contributed by atoms with E-state index >= 15 is 0 Å². The van der Waals surface area contributed by atoms with Gasteiger partial charge in [0, 0.05) is 43.0 Å². The van der Waals surface area contributed by atoms with Crippen LogP contribution in [0.15, 0.2) is 73.4 Å². The van der Waals surface area contributed by atoms with Crippen LogP contribution in [0, 0.1) is 11.3 Å².